The summed E-state index contributed by atoms with van der Waals surface area (Å²) in [6.07, 6.45) is 4.75. The zero-order valence-electron chi connectivity index (χ0n) is 19.7. The van der Waals surface area contributed by atoms with Crippen LogP contribution in [0.1, 0.15) is 56.9 Å². The minimum absolute atomic E-state index is 0.0630. The van der Waals surface area contributed by atoms with Crippen molar-refractivity contribution in [2.75, 3.05) is 26.3 Å². The number of benzene rings is 1. The van der Waals surface area contributed by atoms with Crippen molar-refractivity contribution in [2.24, 2.45) is 11.8 Å². The van der Waals surface area contributed by atoms with Crippen molar-refractivity contribution in [3.63, 3.8) is 0 Å². The first-order valence-corrected chi connectivity index (χ1v) is 12.2. The average molecular weight is 469 g/mol. The molecule has 1 aromatic heterocycles. The van der Waals surface area contributed by atoms with Gasteiger partial charge in [-0.15, -0.1) is 0 Å². The van der Waals surface area contributed by atoms with E-state index in [1.165, 1.54) is 5.56 Å². The van der Waals surface area contributed by atoms with E-state index >= 15 is 0 Å². The molecule has 0 unspecified atom stereocenters. The van der Waals surface area contributed by atoms with Crippen LogP contribution in [0.25, 0.3) is 5.57 Å². The SMILES string of the molecule is CC(C)(C)c1ccc(/C(=C/[C@H]2CCN(C(=O)C3CCOCC3)C2)c2ccc(Cl)c(=O)[nH]2)cc1. The van der Waals surface area contributed by atoms with Gasteiger partial charge in [0.15, 0.2) is 0 Å². The molecule has 0 saturated carbocycles. The van der Waals surface area contributed by atoms with Crippen LogP contribution in [0.2, 0.25) is 5.02 Å². The van der Waals surface area contributed by atoms with Crippen LogP contribution < -0.4 is 5.56 Å². The van der Waals surface area contributed by atoms with E-state index in [1.54, 1.807) is 6.07 Å². The molecule has 2 aliphatic heterocycles. The van der Waals surface area contributed by atoms with Crippen molar-refractivity contribution < 1.29 is 9.53 Å². The quantitative estimate of drug-likeness (QED) is 0.684. The molecule has 176 valence electrons. The molecule has 1 aromatic carbocycles. The smallest absolute Gasteiger partial charge is 0.267 e. The molecule has 0 aliphatic carbocycles. The second-order valence-corrected chi connectivity index (χ2v) is 10.6. The standard InChI is InChI=1S/C27H33ClN2O3/c1-27(2,3)21-6-4-19(5-7-21)22(24-9-8-23(28)25(31)29-24)16-18-10-13-30(17-18)26(32)20-11-14-33-15-12-20/h4-9,16,18,20H,10-15,17H2,1-3H3,(H,29,31)/b22-16-/t18-/m1/s1. The topological polar surface area (TPSA) is 62.4 Å². The van der Waals surface area contributed by atoms with Gasteiger partial charge in [-0.1, -0.05) is 62.7 Å². The van der Waals surface area contributed by atoms with Crippen LogP contribution in [0.15, 0.2) is 47.3 Å². The van der Waals surface area contributed by atoms with Gasteiger partial charge in [0, 0.05) is 43.5 Å². The monoisotopic (exact) mass is 468 g/mol. The van der Waals surface area contributed by atoms with Gasteiger partial charge in [0.25, 0.3) is 5.56 Å². The Morgan fingerprint density at radius 3 is 2.42 bits per heavy atom. The Balaban J connectivity index is 1.61. The van der Waals surface area contributed by atoms with Crippen LogP contribution in [-0.2, 0) is 14.9 Å². The number of hydrogen-bond acceptors (Lipinski definition) is 3. The lowest BCUT2D eigenvalue weighted by Gasteiger charge is -2.26. The number of halogens is 1. The van der Waals surface area contributed by atoms with Crippen LogP contribution in [0, 0.1) is 11.8 Å². The molecule has 1 amide bonds. The Kier molecular flexibility index (Phi) is 7.10. The van der Waals surface area contributed by atoms with Gasteiger partial charge in [0.2, 0.25) is 5.91 Å². The second-order valence-electron chi connectivity index (χ2n) is 10.2. The number of carbonyl (C=O) groups excluding carboxylic acids is 1. The first-order valence-electron chi connectivity index (χ1n) is 11.8. The van der Waals surface area contributed by atoms with E-state index < -0.39 is 0 Å². The summed E-state index contributed by atoms with van der Waals surface area (Å²) in [4.78, 5) is 30.1. The number of aromatic amines is 1. The third-order valence-electron chi connectivity index (χ3n) is 6.72. The summed E-state index contributed by atoms with van der Waals surface area (Å²) in [5.41, 5.74) is 3.76. The number of nitrogens with one attached hydrogen (secondary N) is 1. The molecule has 2 fully saturated rings. The number of nitrogens with zero attached hydrogens (tertiary/aromatic N) is 1. The van der Waals surface area contributed by atoms with Crippen molar-refractivity contribution in [2.45, 2.75) is 45.4 Å². The van der Waals surface area contributed by atoms with Gasteiger partial charge in [-0.3, -0.25) is 9.59 Å². The van der Waals surface area contributed by atoms with E-state index in [9.17, 15) is 9.59 Å². The van der Waals surface area contributed by atoms with Gasteiger partial charge >= 0.3 is 0 Å². The maximum Gasteiger partial charge on any atom is 0.267 e. The number of likely N-dealkylation sites (tertiary alicyclic amines) is 1. The zero-order chi connectivity index (χ0) is 23.6. The highest BCUT2D eigenvalue weighted by Crippen LogP contribution is 2.31. The molecule has 4 rings (SSSR count). The zero-order valence-corrected chi connectivity index (χ0v) is 20.5. The fourth-order valence-electron chi connectivity index (χ4n) is 4.67. The predicted molar refractivity (Wildman–Crippen MR) is 133 cm³/mol. The maximum atomic E-state index is 13.0. The normalized spacial score (nSPS) is 20.3. The molecular weight excluding hydrogens is 436 g/mol. The highest BCUT2D eigenvalue weighted by atomic mass is 35.5. The molecule has 2 saturated heterocycles. The molecule has 2 aromatic rings. The Bertz CT molecular complexity index is 1080. The lowest BCUT2D eigenvalue weighted by molar-refractivity contribution is -0.137. The molecule has 0 bridgehead atoms. The van der Waals surface area contributed by atoms with E-state index in [-0.39, 0.29) is 33.7 Å². The number of amides is 1. The molecule has 5 nitrogen and oxygen atoms in total. The first-order chi connectivity index (χ1) is 15.7. The highest BCUT2D eigenvalue weighted by molar-refractivity contribution is 6.30. The lowest BCUT2D eigenvalue weighted by atomic mass is 9.85. The van der Waals surface area contributed by atoms with Crippen molar-refractivity contribution in [1.82, 2.24) is 9.88 Å². The number of ether oxygens (including phenoxy) is 1. The van der Waals surface area contributed by atoms with Crippen LogP contribution in [0.4, 0.5) is 0 Å². The Labute approximate surface area is 200 Å². The fourth-order valence-corrected chi connectivity index (χ4v) is 4.78. The predicted octanol–water partition coefficient (Wildman–Crippen LogP) is 5.03. The van der Waals surface area contributed by atoms with Crippen molar-refractivity contribution >= 4 is 23.1 Å². The minimum Gasteiger partial charge on any atom is -0.381 e. The van der Waals surface area contributed by atoms with E-state index in [0.29, 0.717) is 19.8 Å². The Hall–Kier alpha value is -2.37. The molecule has 33 heavy (non-hydrogen) atoms. The summed E-state index contributed by atoms with van der Waals surface area (Å²) in [7, 11) is 0. The third-order valence-corrected chi connectivity index (χ3v) is 7.02. The third kappa shape index (κ3) is 5.59. The van der Waals surface area contributed by atoms with Crippen LogP contribution in [0.5, 0.6) is 0 Å². The summed E-state index contributed by atoms with van der Waals surface area (Å²) < 4.78 is 5.41. The molecule has 0 radical (unpaired) electrons. The molecular formula is C27H33ClN2O3. The van der Waals surface area contributed by atoms with Gasteiger partial charge < -0.3 is 14.6 Å². The van der Waals surface area contributed by atoms with Gasteiger partial charge in [-0.2, -0.15) is 0 Å². The van der Waals surface area contributed by atoms with E-state index in [4.69, 9.17) is 16.3 Å². The van der Waals surface area contributed by atoms with Gasteiger partial charge in [-0.05, 0) is 53.9 Å². The number of hydrogen-bond donors (Lipinski definition) is 1. The van der Waals surface area contributed by atoms with Gasteiger partial charge in [0.05, 0.1) is 0 Å². The van der Waals surface area contributed by atoms with E-state index in [2.05, 4.69) is 56.1 Å². The summed E-state index contributed by atoms with van der Waals surface area (Å²) >= 11 is 5.98. The fraction of sp³-hybridized carbons (Fsp3) is 0.481. The second kappa shape index (κ2) is 9.86. The Morgan fingerprint density at radius 1 is 1.09 bits per heavy atom. The molecule has 1 N–H and O–H groups in total. The van der Waals surface area contributed by atoms with Crippen LogP contribution in [-0.4, -0.2) is 42.1 Å². The molecule has 2 aliphatic rings. The highest BCUT2D eigenvalue weighted by Gasteiger charge is 2.31. The summed E-state index contributed by atoms with van der Waals surface area (Å²) in [6.45, 7) is 9.40. The molecule has 0 spiro atoms. The number of pyridine rings is 1. The largest absolute Gasteiger partial charge is 0.381 e. The molecule has 1 atom stereocenters. The summed E-state index contributed by atoms with van der Waals surface area (Å²) in [5, 5.41) is 0.176. The average Bonchev–Trinajstić information content (AvgIpc) is 3.28. The Morgan fingerprint density at radius 2 is 1.79 bits per heavy atom. The van der Waals surface area contributed by atoms with Crippen LogP contribution >= 0.6 is 11.6 Å². The lowest BCUT2D eigenvalue weighted by Crippen LogP contribution is -2.37. The minimum atomic E-state index is -0.297. The van der Waals surface area contributed by atoms with Gasteiger partial charge in [0.1, 0.15) is 5.02 Å². The summed E-state index contributed by atoms with van der Waals surface area (Å²) in [6, 6.07) is 12.0. The van der Waals surface area contributed by atoms with Crippen molar-refractivity contribution in [1.29, 1.82) is 0 Å². The number of carbonyl (C=O) groups is 1. The van der Waals surface area contributed by atoms with Gasteiger partial charge in [-0.25, -0.2) is 0 Å². The van der Waals surface area contributed by atoms with E-state index in [0.717, 1.165) is 42.6 Å². The van der Waals surface area contributed by atoms with Crippen LogP contribution in [0.3, 0.4) is 0 Å². The first kappa shape index (κ1) is 23.8. The molecule has 3 heterocycles. The number of rotatable bonds is 4. The number of aromatic nitrogens is 1. The van der Waals surface area contributed by atoms with Crippen molar-refractivity contribution in [3.8, 4) is 0 Å². The summed E-state index contributed by atoms with van der Waals surface area (Å²) in [5.74, 6) is 0.564. The maximum absolute atomic E-state index is 13.0. The van der Waals surface area contributed by atoms with Crippen molar-refractivity contribution in [3.05, 3.63) is 74.7 Å². The van der Waals surface area contributed by atoms with E-state index in [1.807, 2.05) is 11.0 Å². The number of H-pyrrole nitrogens is 1. The molecule has 6 heteroatoms.